The van der Waals surface area contributed by atoms with Crippen LogP contribution in [0.1, 0.15) is 6.42 Å². The van der Waals surface area contributed by atoms with Crippen LogP contribution in [0.25, 0.3) is 0 Å². The van der Waals surface area contributed by atoms with Crippen LogP contribution in [0.3, 0.4) is 0 Å². The third-order valence-corrected chi connectivity index (χ3v) is 4.27. The van der Waals surface area contributed by atoms with Crippen molar-refractivity contribution in [2.75, 3.05) is 49.6 Å². The van der Waals surface area contributed by atoms with Crippen LogP contribution in [0, 0.1) is 11.3 Å². The molecule has 0 bridgehead atoms. The molecule has 9 heteroatoms. The maximum absolute atomic E-state index is 12.2. The third kappa shape index (κ3) is 3.76. The first kappa shape index (κ1) is 17.3. The van der Waals surface area contributed by atoms with Crippen molar-refractivity contribution in [2.24, 2.45) is 0 Å². The minimum Gasteiger partial charge on any atom is -0.379 e. The van der Waals surface area contributed by atoms with Gasteiger partial charge in [-0.05, 0) is 6.07 Å². The fourth-order valence-corrected chi connectivity index (χ4v) is 2.86. The van der Waals surface area contributed by atoms with Gasteiger partial charge in [-0.25, -0.2) is 4.98 Å². The van der Waals surface area contributed by atoms with Gasteiger partial charge < -0.3 is 20.1 Å². The lowest BCUT2D eigenvalue weighted by Gasteiger charge is -2.25. The SMILES string of the molecule is N#C[C@@]1(O)CCN(c2ccnc(NC(=O)CN3CCOCC3)c2)C1=O. The Labute approximate surface area is 144 Å². The van der Waals surface area contributed by atoms with Crippen LogP contribution in [-0.4, -0.2) is 71.8 Å². The molecule has 2 aliphatic heterocycles. The quantitative estimate of drug-likeness (QED) is 0.696. The molecule has 2 saturated heterocycles. The summed E-state index contributed by atoms with van der Waals surface area (Å²) in [6.07, 6.45) is 1.51. The number of nitrogens with zero attached hydrogens (tertiary/aromatic N) is 4. The number of pyridine rings is 1. The number of anilines is 2. The molecular weight excluding hydrogens is 326 g/mol. The molecule has 2 amide bonds. The number of aliphatic hydroxyl groups is 1. The normalized spacial score (nSPS) is 24.2. The number of aromatic nitrogens is 1. The molecule has 0 unspecified atom stereocenters. The van der Waals surface area contributed by atoms with Gasteiger partial charge in [-0.1, -0.05) is 0 Å². The number of nitrogens with one attached hydrogen (secondary N) is 1. The minimum absolute atomic E-state index is 0.0450. The number of morpholine rings is 1. The van der Waals surface area contributed by atoms with E-state index >= 15 is 0 Å². The van der Waals surface area contributed by atoms with Gasteiger partial charge in [0.05, 0.1) is 19.8 Å². The third-order valence-electron chi connectivity index (χ3n) is 4.27. The van der Waals surface area contributed by atoms with E-state index in [0.717, 1.165) is 0 Å². The van der Waals surface area contributed by atoms with E-state index in [1.165, 1.54) is 11.1 Å². The Morgan fingerprint density at radius 1 is 1.44 bits per heavy atom. The molecule has 0 spiro atoms. The summed E-state index contributed by atoms with van der Waals surface area (Å²) in [6, 6.07) is 4.80. The number of rotatable bonds is 4. The summed E-state index contributed by atoms with van der Waals surface area (Å²) in [4.78, 5) is 31.7. The van der Waals surface area contributed by atoms with Gasteiger partial charge >= 0.3 is 0 Å². The average molecular weight is 345 g/mol. The number of ether oxygens (including phenoxy) is 1. The Morgan fingerprint density at radius 3 is 2.88 bits per heavy atom. The van der Waals surface area contributed by atoms with E-state index < -0.39 is 11.5 Å². The van der Waals surface area contributed by atoms with E-state index in [9.17, 15) is 14.7 Å². The largest absolute Gasteiger partial charge is 0.379 e. The molecule has 25 heavy (non-hydrogen) atoms. The lowest BCUT2D eigenvalue weighted by Crippen LogP contribution is -2.41. The van der Waals surface area contributed by atoms with Gasteiger partial charge in [0, 0.05) is 44.0 Å². The Morgan fingerprint density at radius 2 is 2.20 bits per heavy atom. The molecule has 0 radical (unpaired) electrons. The summed E-state index contributed by atoms with van der Waals surface area (Å²) in [5, 5.41) is 21.6. The molecule has 0 aliphatic carbocycles. The van der Waals surface area contributed by atoms with Crippen molar-refractivity contribution < 1.29 is 19.4 Å². The fourth-order valence-electron chi connectivity index (χ4n) is 2.86. The van der Waals surface area contributed by atoms with Gasteiger partial charge in [-0.15, -0.1) is 0 Å². The lowest BCUT2D eigenvalue weighted by atomic mass is 10.1. The molecule has 2 aliphatic rings. The summed E-state index contributed by atoms with van der Waals surface area (Å²) in [5.41, 5.74) is -1.50. The first-order valence-electron chi connectivity index (χ1n) is 8.03. The molecule has 1 aromatic heterocycles. The molecule has 1 aromatic rings. The second kappa shape index (κ2) is 7.14. The highest BCUT2D eigenvalue weighted by atomic mass is 16.5. The highest BCUT2D eigenvalue weighted by Gasteiger charge is 2.46. The van der Waals surface area contributed by atoms with Gasteiger partial charge in [0.1, 0.15) is 11.9 Å². The fraction of sp³-hybridized carbons (Fsp3) is 0.500. The number of carbonyl (C=O) groups excluding carboxylic acids is 2. The zero-order valence-corrected chi connectivity index (χ0v) is 13.6. The van der Waals surface area contributed by atoms with E-state index in [0.29, 0.717) is 37.8 Å². The standard InChI is InChI=1S/C16H19N5O4/c17-11-16(24)2-4-21(15(16)23)12-1-3-18-13(9-12)19-14(22)10-20-5-7-25-8-6-20/h1,3,9,24H,2,4-8,10H2,(H,18,19,22)/t16-/m0/s1. The Bertz CT molecular complexity index is 713. The van der Waals surface area contributed by atoms with Gasteiger partial charge in [0.2, 0.25) is 11.5 Å². The number of carbonyl (C=O) groups is 2. The molecule has 0 aromatic carbocycles. The molecule has 2 N–H and O–H groups in total. The zero-order valence-electron chi connectivity index (χ0n) is 13.6. The van der Waals surface area contributed by atoms with Crippen molar-refractivity contribution in [1.29, 1.82) is 5.26 Å². The van der Waals surface area contributed by atoms with E-state index in [2.05, 4.69) is 10.3 Å². The first-order chi connectivity index (χ1) is 12.0. The van der Waals surface area contributed by atoms with Gasteiger partial charge in [0.15, 0.2) is 0 Å². The highest BCUT2D eigenvalue weighted by molar-refractivity contribution is 6.04. The molecule has 9 nitrogen and oxygen atoms in total. The maximum Gasteiger partial charge on any atom is 0.273 e. The second-order valence-corrected chi connectivity index (χ2v) is 6.01. The Kier molecular flexibility index (Phi) is 4.94. The molecule has 3 rings (SSSR count). The average Bonchev–Trinajstić information content (AvgIpc) is 2.92. The molecule has 1 atom stereocenters. The Hall–Kier alpha value is -2.54. The molecule has 2 fully saturated rings. The van der Waals surface area contributed by atoms with E-state index in [1.54, 1.807) is 18.2 Å². The zero-order chi connectivity index (χ0) is 17.9. The predicted octanol–water partition coefficient (Wildman–Crippen LogP) is -0.656. The second-order valence-electron chi connectivity index (χ2n) is 6.01. The Balaban J connectivity index is 1.65. The van der Waals surface area contributed by atoms with Crippen molar-refractivity contribution in [2.45, 2.75) is 12.0 Å². The topological polar surface area (TPSA) is 119 Å². The van der Waals surface area contributed by atoms with Crippen molar-refractivity contribution in [3.8, 4) is 6.07 Å². The smallest absolute Gasteiger partial charge is 0.273 e. The number of nitriles is 1. The number of amides is 2. The lowest BCUT2D eigenvalue weighted by molar-refractivity contribution is -0.128. The van der Waals surface area contributed by atoms with E-state index in [4.69, 9.17) is 10.00 Å². The van der Waals surface area contributed by atoms with Crippen molar-refractivity contribution >= 4 is 23.3 Å². The molecule has 132 valence electrons. The molecule has 3 heterocycles. The first-order valence-corrected chi connectivity index (χ1v) is 8.03. The molecular formula is C16H19N5O4. The molecule has 0 saturated carbocycles. The van der Waals surface area contributed by atoms with Crippen LogP contribution in [0.5, 0.6) is 0 Å². The van der Waals surface area contributed by atoms with Crippen molar-refractivity contribution in [1.82, 2.24) is 9.88 Å². The van der Waals surface area contributed by atoms with Crippen molar-refractivity contribution in [3.05, 3.63) is 18.3 Å². The predicted molar refractivity (Wildman–Crippen MR) is 87.7 cm³/mol. The highest BCUT2D eigenvalue weighted by Crippen LogP contribution is 2.28. The summed E-state index contributed by atoms with van der Waals surface area (Å²) >= 11 is 0. The van der Waals surface area contributed by atoms with Crippen molar-refractivity contribution in [3.63, 3.8) is 0 Å². The van der Waals surface area contributed by atoms with Gasteiger partial charge in [0.25, 0.3) is 5.91 Å². The van der Waals surface area contributed by atoms with E-state index in [1.807, 2.05) is 4.90 Å². The minimum atomic E-state index is -1.98. The summed E-state index contributed by atoms with van der Waals surface area (Å²) < 4.78 is 5.24. The van der Waals surface area contributed by atoms with Crippen LogP contribution < -0.4 is 10.2 Å². The van der Waals surface area contributed by atoms with Crippen LogP contribution in [0.2, 0.25) is 0 Å². The summed E-state index contributed by atoms with van der Waals surface area (Å²) in [6.45, 7) is 3.10. The van der Waals surface area contributed by atoms with E-state index in [-0.39, 0.29) is 25.4 Å². The maximum atomic E-state index is 12.2. The van der Waals surface area contributed by atoms with Crippen LogP contribution in [-0.2, 0) is 14.3 Å². The summed E-state index contributed by atoms with van der Waals surface area (Å²) in [5.74, 6) is -0.546. The van der Waals surface area contributed by atoms with Gasteiger partial charge in [-0.2, -0.15) is 5.26 Å². The van der Waals surface area contributed by atoms with Crippen LogP contribution in [0.4, 0.5) is 11.5 Å². The number of hydrogen-bond donors (Lipinski definition) is 2. The summed E-state index contributed by atoms with van der Waals surface area (Å²) in [7, 11) is 0. The monoisotopic (exact) mass is 345 g/mol. The van der Waals surface area contributed by atoms with Crippen LogP contribution in [0.15, 0.2) is 18.3 Å². The van der Waals surface area contributed by atoms with Crippen LogP contribution >= 0.6 is 0 Å². The number of hydrogen-bond acceptors (Lipinski definition) is 7. The van der Waals surface area contributed by atoms with Gasteiger partial charge in [-0.3, -0.25) is 14.5 Å².